The summed E-state index contributed by atoms with van der Waals surface area (Å²) in [6.07, 6.45) is 11.0. The van der Waals surface area contributed by atoms with Gasteiger partial charge in [-0.3, -0.25) is 0 Å². The number of hydrogen-bond donors (Lipinski definition) is 0. The minimum atomic E-state index is 0.202. The Bertz CT molecular complexity index is 1050. The lowest BCUT2D eigenvalue weighted by Gasteiger charge is -2.41. The van der Waals surface area contributed by atoms with Gasteiger partial charge in [0.1, 0.15) is 0 Å². The monoisotopic (exact) mass is 514 g/mol. The normalized spacial score (nSPS) is 24.9. The molecule has 2 aromatic carbocycles. The fourth-order valence-corrected chi connectivity index (χ4v) is 7.70. The Morgan fingerprint density at radius 3 is 2.13 bits per heavy atom. The summed E-state index contributed by atoms with van der Waals surface area (Å²) in [4.78, 5) is 23.7. The van der Waals surface area contributed by atoms with Gasteiger partial charge in [0, 0.05) is 57.0 Å². The molecule has 0 unspecified atom stereocenters. The van der Waals surface area contributed by atoms with Crippen LogP contribution < -0.4 is 4.90 Å². The lowest BCUT2D eigenvalue weighted by molar-refractivity contribution is 0.0990. The number of urea groups is 1. The van der Waals surface area contributed by atoms with Gasteiger partial charge < -0.3 is 19.6 Å². The molecule has 204 valence electrons. The van der Waals surface area contributed by atoms with E-state index in [0.717, 1.165) is 38.4 Å². The largest absolute Gasteiger partial charge is 0.371 e. The van der Waals surface area contributed by atoms with Crippen LogP contribution in [0.25, 0.3) is 0 Å². The van der Waals surface area contributed by atoms with E-state index in [-0.39, 0.29) is 6.04 Å². The van der Waals surface area contributed by atoms with Crippen molar-refractivity contribution in [3.05, 3.63) is 65.7 Å². The molecular weight excluding hydrogens is 468 g/mol. The minimum Gasteiger partial charge on any atom is -0.371 e. The third-order valence-corrected chi connectivity index (χ3v) is 9.91. The van der Waals surface area contributed by atoms with Gasteiger partial charge in [-0.25, -0.2) is 4.79 Å². The van der Waals surface area contributed by atoms with Crippen molar-refractivity contribution in [2.45, 2.75) is 82.8 Å². The molecule has 0 N–H and O–H groups in total. The first-order chi connectivity index (χ1) is 18.7. The third-order valence-electron chi connectivity index (χ3n) is 9.91. The number of para-hydroxylation sites is 1. The summed E-state index contributed by atoms with van der Waals surface area (Å²) >= 11 is 0. The first-order valence-electron chi connectivity index (χ1n) is 15.3. The molecule has 2 amide bonds. The Kier molecular flexibility index (Phi) is 7.92. The fraction of sp³-hybridized carbons (Fsp3) is 0.606. The Balaban J connectivity index is 1.05. The molecule has 5 nitrogen and oxygen atoms in total. The zero-order chi connectivity index (χ0) is 25.9. The molecule has 4 fully saturated rings. The lowest BCUT2D eigenvalue weighted by Crippen LogP contribution is -2.49. The number of anilines is 1. The molecule has 3 saturated heterocycles. The standard InChI is InChI=1S/C33H46N4O/c1-26-10-8-9-15-31(26)35-22-16-27(17-23-35)24-34-20-18-30(19-21-34)37-32(28-11-4-2-5-12-28)25-36(33(37)38)29-13-6-3-7-14-29/h2,4-5,8-12,15,27,29-30,32H,3,6-7,13-14,16-25H2,1H3/t32-/m0/s1. The summed E-state index contributed by atoms with van der Waals surface area (Å²) in [7, 11) is 0. The van der Waals surface area contributed by atoms with Crippen molar-refractivity contribution in [2.24, 2.45) is 5.92 Å². The molecule has 2 aromatic rings. The van der Waals surface area contributed by atoms with Crippen LogP contribution in [0.15, 0.2) is 54.6 Å². The zero-order valence-electron chi connectivity index (χ0n) is 23.3. The van der Waals surface area contributed by atoms with Crippen LogP contribution in [0.5, 0.6) is 0 Å². The van der Waals surface area contributed by atoms with E-state index in [1.807, 2.05) is 0 Å². The number of benzene rings is 2. The molecule has 1 aliphatic carbocycles. The van der Waals surface area contributed by atoms with Crippen LogP contribution >= 0.6 is 0 Å². The van der Waals surface area contributed by atoms with Crippen molar-refractivity contribution in [2.75, 3.05) is 44.2 Å². The third kappa shape index (κ3) is 5.45. The van der Waals surface area contributed by atoms with Gasteiger partial charge in [0.15, 0.2) is 0 Å². The first-order valence-corrected chi connectivity index (χ1v) is 15.3. The second-order valence-electron chi connectivity index (χ2n) is 12.3. The maximum absolute atomic E-state index is 13.9. The minimum absolute atomic E-state index is 0.202. The molecule has 3 heterocycles. The number of nitrogens with zero attached hydrogens (tertiary/aromatic N) is 4. The number of carbonyl (C=O) groups excluding carboxylic acids is 1. The SMILES string of the molecule is Cc1ccccc1N1CCC(CN2CCC(N3C(=O)N(C4CCCCC4)C[C@H]3c3ccccc3)CC2)CC1. The highest BCUT2D eigenvalue weighted by Crippen LogP contribution is 2.38. The Morgan fingerprint density at radius 1 is 0.737 bits per heavy atom. The van der Waals surface area contributed by atoms with E-state index >= 15 is 0 Å². The Labute approximate surface area is 229 Å². The van der Waals surface area contributed by atoms with Crippen molar-refractivity contribution in [1.29, 1.82) is 0 Å². The number of rotatable bonds is 6. The van der Waals surface area contributed by atoms with Gasteiger partial charge in [-0.05, 0) is 68.6 Å². The molecule has 5 heteroatoms. The van der Waals surface area contributed by atoms with Crippen LogP contribution in [-0.2, 0) is 0 Å². The van der Waals surface area contributed by atoms with Gasteiger partial charge in [0.25, 0.3) is 0 Å². The smallest absolute Gasteiger partial charge is 0.321 e. The maximum Gasteiger partial charge on any atom is 0.321 e. The van der Waals surface area contributed by atoms with Gasteiger partial charge in [-0.2, -0.15) is 0 Å². The number of aryl methyl sites for hydroxylation is 1. The van der Waals surface area contributed by atoms with Crippen LogP contribution in [0.2, 0.25) is 0 Å². The highest BCUT2D eigenvalue weighted by molar-refractivity contribution is 5.78. The summed E-state index contributed by atoms with van der Waals surface area (Å²) in [5.74, 6) is 0.791. The Morgan fingerprint density at radius 2 is 1.42 bits per heavy atom. The predicted octanol–water partition coefficient (Wildman–Crippen LogP) is 6.49. The molecule has 0 spiro atoms. The average molecular weight is 515 g/mol. The zero-order valence-corrected chi connectivity index (χ0v) is 23.3. The van der Waals surface area contributed by atoms with Gasteiger partial charge in [-0.15, -0.1) is 0 Å². The molecule has 1 saturated carbocycles. The molecule has 0 aromatic heterocycles. The van der Waals surface area contributed by atoms with Crippen molar-refractivity contribution in [3.63, 3.8) is 0 Å². The van der Waals surface area contributed by atoms with Gasteiger partial charge >= 0.3 is 6.03 Å². The van der Waals surface area contributed by atoms with Crippen LogP contribution in [0.3, 0.4) is 0 Å². The van der Waals surface area contributed by atoms with Crippen LogP contribution in [-0.4, -0.2) is 72.1 Å². The van der Waals surface area contributed by atoms with E-state index in [1.165, 1.54) is 81.4 Å². The molecule has 0 bridgehead atoms. The molecule has 4 aliphatic rings. The van der Waals surface area contributed by atoms with E-state index in [0.29, 0.717) is 18.1 Å². The number of amides is 2. The quantitative estimate of drug-likeness (QED) is 0.442. The molecular formula is C33H46N4O. The number of hydrogen-bond acceptors (Lipinski definition) is 3. The molecule has 0 radical (unpaired) electrons. The molecule has 38 heavy (non-hydrogen) atoms. The topological polar surface area (TPSA) is 30.0 Å². The number of piperidine rings is 2. The van der Waals surface area contributed by atoms with E-state index in [1.54, 1.807) is 0 Å². The first kappa shape index (κ1) is 25.7. The van der Waals surface area contributed by atoms with Crippen LogP contribution in [0.1, 0.15) is 75.0 Å². The van der Waals surface area contributed by atoms with E-state index in [9.17, 15) is 4.79 Å². The van der Waals surface area contributed by atoms with E-state index < -0.39 is 0 Å². The van der Waals surface area contributed by atoms with Crippen molar-refractivity contribution in [3.8, 4) is 0 Å². The second-order valence-corrected chi connectivity index (χ2v) is 12.3. The number of likely N-dealkylation sites (tertiary alicyclic amines) is 1. The number of carbonyl (C=O) groups is 1. The van der Waals surface area contributed by atoms with Crippen LogP contribution in [0, 0.1) is 12.8 Å². The van der Waals surface area contributed by atoms with Gasteiger partial charge in [0.2, 0.25) is 0 Å². The van der Waals surface area contributed by atoms with Crippen LogP contribution in [0.4, 0.5) is 10.5 Å². The summed E-state index contributed by atoms with van der Waals surface area (Å²) < 4.78 is 0. The fourth-order valence-electron chi connectivity index (χ4n) is 7.70. The summed E-state index contributed by atoms with van der Waals surface area (Å²) in [6, 6.07) is 20.9. The lowest BCUT2D eigenvalue weighted by atomic mass is 9.93. The van der Waals surface area contributed by atoms with E-state index in [2.05, 4.69) is 81.1 Å². The summed E-state index contributed by atoms with van der Waals surface area (Å²) in [6.45, 7) is 8.90. The highest BCUT2D eigenvalue weighted by atomic mass is 16.2. The highest BCUT2D eigenvalue weighted by Gasteiger charge is 2.45. The van der Waals surface area contributed by atoms with Crippen molar-refractivity contribution < 1.29 is 4.79 Å². The van der Waals surface area contributed by atoms with Gasteiger partial charge in [0.05, 0.1) is 6.04 Å². The molecule has 1 atom stereocenters. The molecule has 6 rings (SSSR count). The molecule has 3 aliphatic heterocycles. The average Bonchev–Trinajstić information content (AvgIpc) is 3.32. The second kappa shape index (κ2) is 11.7. The van der Waals surface area contributed by atoms with E-state index in [4.69, 9.17) is 0 Å². The predicted molar refractivity (Wildman–Crippen MR) is 156 cm³/mol. The summed E-state index contributed by atoms with van der Waals surface area (Å²) in [5, 5.41) is 0. The maximum atomic E-state index is 13.9. The van der Waals surface area contributed by atoms with Crippen molar-refractivity contribution in [1.82, 2.24) is 14.7 Å². The Hall–Kier alpha value is -2.53. The van der Waals surface area contributed by atoms with Gasteiger partial charge in [-0.1, -0.05) is 67.8 Å². The summed E-state index contributed by atoms with van der Waals surface area (Å²) in [5.41, 5.74) is 4.11. The van der Waals surface area contributed by atoms with Crippen molar-refractivity contribution >= 4 is 11.7 Å².